The number of benzene rings is 1. The maximum atomic E-state index is 12.7. The molecule has 7 heteroatoms. The Morgan fingerprint density at radius 3 is 2.43 bits per heavy atom. The van der Waals surface area contributed by atoms with Crippen LogP contribution in [0.1, 0.15) is 28.6 Å². The Bertz CT molecular complexity index is 986. The van der Waals surface area contributed by atoms with Crippen LogP contribution in [0, 0.1) is 13.8 Å². The molecule has 1 atom stereocenters. The first kappa shape index (κ1) is 19.4. The van der Waals surface area contributed by atoms with Gasteiger partial charge in [0.15, 0.2) is 0 Å². The lowest BCUT2D eigenvalue weighted by Gasteiger charge is -2.21. The number of likely N-dealkylation sites (N-methyl/N-ethyl adjacent to an activating group) is 1. The Balaban J connectivity index is 2.11. The van der Waals surface area contributed by atoms with Crippen LogP contribution in [0.15, 0.2) is 42.5 Å². The summed E-state index contributed by atoms with van der Waals surface area (Å²) >= 11 is 0. The lowest BCUT2D eigenvalue weighted by atomic mass is 9.95. The van der Waals surface area contributed by atoms with E-state index in [4.69, 9.17) is 4.74 Å². The van der Waals surface area contributed by atoms with Crippen LogP contribution in [0.5, 0.6) is 5.75 Å². The van der Waals surface area contributed by atoms with Gasteiger partial charge in [-0.05, 0) is 31.5 Å². The van der Waals surface area contributed by atoms with E-state index in [1.54, 1.807) is 63.0 Å². The number of aromatic nitrogens is 2. The quantitative estimate of drug-likeness (QED) is 0.373. The molecule has 1 saturated heterocycles. The maximum Gasteiger partial charge on any atom is 0.295 e. The Labute approximate surface area is 163 Å². The van der Waals surface area contributed by atoms with Crippen LogP contribution in [0.25, 0.3) is 5.76 Å². The Morgan fingerprint density at radius 1 is 1.25 bits per heavy atom. The molecule has 0 saturated carbocycles. The van der Waals surface area contributed by atoms with E-state index in [0.29, 0.717) is 34.9 Å². The smallest absolute Gasteiger partial charge is 0.295 e. The number of amides is 1. The van der Waals surface area contributed by atoms with Crippen LogP contribution >= 0.6 is 0 Å². The number of hydrogen-bond acceptors (Lipinski definition) is 5. The molecule has 146 valence electrons. The van der Waals surface area contributed by atoms with Gasteiger partial charge in [-0.15, -0.1) is 0 Å². The highest BCUT2D eigenvalue weighted by atomic mass is 16.5. The third-order valence-electron chi connectivity index (χ3n) is 4.98. The van der Waals surface area contributed by atoms with Gasteiger partial charge in [0.2, 0.25) is 0 Å². The fourth-order valence-corrected chi connectivity index (χ4v) is 3.49. The van der Waals surface area contributed by atoms with Gasteiger partial charge in [-0.2, -0.15) is 5.10 Å². The number of ketones is 1. The summed E-state index contributed by atoms with van der Waals surface area (Å²) in [5.74, 6) is -0.921. The molecule has 3 rings (SSSR count). The normalized spacial score (nSPS) is 18.6. The van der Waals surface area contributed by atoms with E-state index < -0.39 is 17.7 Å². The fraction of sp³-hybridized carbons (Fsp3) is 0.286. The Morgan fingerprint density at radius 2 is 1.89 bits per heavy atom. The monoisotopic (exact) mass is 381 g/mol. The summed E-state index contributed by atoms with van der Waals surface area (Å²) in [7, 11) is 3.31. The van der Waals surface area contributed by atoms with E-state index in [2.05, 4.69) is 11.7 Å². The summed E-state index contributed by atoms with van der Waals surface area (Å²) in [4.78, 5) is 26.4. The van der Waals surface area contributed by atoms with Crippen LogP contribution in [0.2, 0.25) is 0 Å². The molecular formula is C21H23N3O4. The molecule has 1 aromatic heterocycles. The average molecular weight is 381 g/mol. The number of hydrogen-bond donors (Lipinski definition) is 1. The van der Waals surface area contributed by atoms with Gasteiger partial charge in [-0.25, -0.2) is 0 Å². The van der Waals surface area contributed by atoms with Crippen molar-refractivity contribution in [1.82, 2.24) is 14.7 Å². The summed E-state index contributed by atoms with van der Waals surface area (Å²) in [6.45, 7) is 7.55. The highest BCUT2D eigenvalue weighted by Crippen LogP contribution is 2.39. The van der Waals surface area contributed by atoms with E-state index in [-0.39, 0.29) is 11.3 Å². The molecule has 1 amide bonds. The molecular weight excluding hydrogens is 358 g/mol. The van der Waals surface area contributed by atoms with Crippen LogP contribution in [-0.4, -0.2) is 45.1 Å². The lowest BCUT2D eigenvalue weighted by molar-refractivity contribution is -0.139. The topological polar surface area (TPSA) is 84.7 Å². The van der Waals surface area contributed by atoms with Gasteiger partial charge in [-0.3, -0.25) is 14.3 Å². The van der Waals surface area contributed by atoms with E-state index in [0.717, 1.165) is 0 Å². The van der Waals surface area contributed by atoms with Gasteiger partial charge in [0, 0.05) is 19.8 Å². The van der Waals surface area contributed by atoms with Crippen molar-refractivity contribution >= 4 is 17.4 Å². The zero-order valence-corrected chi connectivity index (χ0v) is 16.4. The molecule has 1 aromatic carbocycles. The van der Waals surface area contributed by atoms with Crippen LogP contribution < -0.4 is 4.74 Å². The van der Waals surface area contributed by atoms with E-state index >= 15 is 0 Å². The number of nitrogens with zero attached hydrogens (tertiary/aromatic N) is 3. The van der Waals surface area contributed by atoms with Gasteiger partial charge >= 0.3 is 0 Å². The number of carbonyl (C=O) groups is 2. The molecule has 0 spiro atoms. The first-order valence-electron chi connectivity index (χ1n) is 8.86. The van der Waals surface area contributed by atoms with Crippen molar-refractivity contribution in [3.63, 3.8) is 0 Å². The molecule has 2 aromatic rings. The second-order valence-corrected chi connectivity index (χ2v) is 6.75. The van der Waals surface area contributed by atoms with E-state index in [1.807, 2.05) is 0 Å². The van der Waals surface area contributed by atoms with Gasteiger partial charge in [0.25, 0.3) is 11.7 Å². The molecule has 28 heavy (non-hydrogen) atoms. The molecule has 1 aliphatic heterocycles. The molecule has 1 fully saturated rings. The Hall–Kier alpha value is -3.35. The molecule has 2 heterocycles. The number of aliphatic hydroxyl groups excluding tert-OH is 1. The third-order valence-corrected chi connectivity index (χ3v) is 4.98. The minimum Gasteiger partial charge on any atom is -0.507 e. The molecule has 0 aliphatic carbocycles. The fourth-order valence-electron chi connectivity index (χ4n) is 3.49. The summed E-state index contributed by atoms with van der Waals surface area (Å²) < 4.78 is 7.11. The SMILES string of the molecule is C=CCOc1ccc(C2/C(=C(\O)c3c(C)nn(C)c3C)C(=O)C(=O)N2C)cc1. The number of ether oxygens (including phenoxy) is 1. The van der Waals surface area contributed by atoms with Gasteiger partial charge < -0.3 is 14.7 Å². The molecule has 7 nitrogen and oxygen atoms in total. The number of Topliss-reactive ketones (excluding diaryl/α,β-unsaturated/α-hetero) is 1. The predicted octanol–water partition coefficient (Wildman–Crippen LogP) is 2.65. The second-order valence-electron chi connectivity index (χ2n) is 6.75. The largest absolute Gasteiger partial charge is 0.507 e. The summed E-state index contributed by atoms with van der Waals surface area (Å²) in [6.07, 6.45) is 1.65. The van der Waals surface area contributed by atoms with E-state index in [9.17, 15) is 14.7 Å². The van der Waals surface area contributed by atoms with Crippen molar-refractivity contribution in [2.75, 3.05) is 13.7 Å². The Kier molecular flexibility index (Phi) is 5.09. The van der Waals surface area contributed by atoms with Crippen molar-refractivity contribution in [2.24, 2.45) is 7.05 Å². The van der Waals surface area contributed by atoms with Crippen molar-refractivity contribution in [1.29, 1.82) is 0 Å². The first-order valence-corrected chi connectivity index (χ1v) is 8.86. The highest BCUT2D eigenvalue weighted by molar-refractivity contribution is 6.46. The summed E-state index contributed by atoms with van der Waals surface area (Å²) in [5, 5.41) is 15.3. The van der Waals surface area contributed by atoms with Gasteiger partial charge in [0.05, 0.1) is 22.9 Å². The predicted molar refractivity (Wildman–Crippen MR) is 105 cm³/mol. The molecule has 0 radical (unpaired) electrons. The number of aryl methyl sites for hydroxylation is 2. The van der Waals surface area contributed by atoms with Crippen molar-refractivity contribution < 1.29 is 19.4 Å². The van der Waals surface area contributed by atoms with Crippen molar-refractivity contribution in [3.8, 4) is 5.75 Å². The summed E-state index contributed by atoms with van der Waals surface area (Å²) in [5.41, 5.74) is 2.54. The number of aliphatic hydroxyl groups is 1. The van der Waals surface area contributed by atoms with Crippen molar-refractivity contribution in [2.45, 2.75) is 19.9 Å². The number of rotatable bonds is 5. The second kappa shape index (κ2) is 7.34. The zero-order valence-electron chi connectivity index (χ0n) is 16.4. The standard InChI is InChI=1S/C21H23N3O4/c1-6-11-28-15-9-7-14(8-10-15)18-17(20(26)21(27)23(18)4)19(25)16-12(2)22-24(5)13(16)3/h6-10,18,25H,1,11H2,2-5H3/b19-17+. The van der Waals surface area contributed by atoms with Crippen LogP contribution in [0.4, 0.5) is 0 Å². The third kappa shape index (κ3) is 3.09. The highest BCUT2D eigenvalue weighted by Gasteiger charge is 2.44. The molecule has 1 unspecified atom stereocenters. The number of carbonyl (C=O) groups excluding carboxylic acids is 2. The number of likely N-dealkylation sites (tertiary alicyclic amines) is 1. The molecule has 1 aliphatic rings. The minimum atomic E-state index is -0.709. The van der Waals surface area contributed by atoms with Crippen molar-refractivity contribution in [3.05, 3.63) is 65.0 Å². The minimum absolute atomic E-state index is 0.0615. The first-order chi connectivity index (χ1) is 13.3. The molecule has 1 N–H and O–H groups in total. The van der Waals surface area contributed by atoms with Crippen LogP contribution in [0.3, 0.4) is 0 Å². The van der Waals surface area contributed by atoms with Gasteiger partial charge in [0.1, 0.15) is 18.1 Å². The van der Waals surface area contributed by atoms with E-state index in [1.165, 1.54) is 4.90 Å². The molecule has 0 bridgehead atoms. The lowest BCUT2D eigenvalue weighted by Crippen LogP contribution is -2.24. The maximum absolute atomic E-state index is 12.7. The summed E-state index contributed by atoms with van der Waals surface area (Å²) in [6, 6.07) is 6.39. The zero-order chi connectivity index (χ0) is 20.6. The average Bonchev–Trinajstić information content (AvgIpc) is 3.06. The van der Waals surface area contributed by atoms with Gasteiger partial charge in [-0.1, -0.05) is 24.8 Å². The van der Waals surface area contributed by atoms with Crippen LogP contribution in [-0.2, 0) is 16.6 Å².